The van der Waals surface area contributed by atoms with Gasteiger partial charge >= 0.3 is 5.97 Å². The van der Waals surface area contributed by atoms with E-state index in [1.165, 1.54) is 11.8 Å². The standard InChI is InChI=1S/C23H25N3O3S/c1-3-16-9-5-6-10-18(16)25-21(27)15-30-22-13-17(14-23(28)29-4-2)24-19-11-7-8-12-20(19)26-22/h5-13,24H,3-4,14-15H2,1-2H3,(H,25,27). The van der Waals surface area contributed by atoms with E-state index in [1.54, 1.807) is 13.0 Å². The van der Waals surface area contributed by atoms with E-state index in [1.807, 2.05) is 48.5 Å². The van der Waals surface area contributed by atoms with Crippen molar-refractivity contribution in [3.8, 4) is 0 Å². The molecule has 0 radical (unpaired) electrons. The maximum absolute atomic E-state index is 12.5. The Labute approximate surface area is 180 Å². The van der Waals surface area contributed by atoms with Crippen LogP contribution in [0.2, 0.25) is 0 Å². The van der Waals surface area contributed by atoms with Gasteiger partial charge in [0, 0.05) is 11.4 Å². The molecule has 0 saturated carbocycles. The van der Waals surface area contributed by atoms with Gasteiger partial charge in [-0.2, -0.15) is 0 Å². The summed E-state index contributed by atoms with van der Waals surface area (Å²) in [6, 6.07) is 15.4. The number of para-hydroxylation sites is 3. The lowest BCUT2D eigenvalue weighted by molar-refractivity contribution is -0.142. The molecule has 0 spiro atoms. The molecule has 0 bridgehead atoms. The molecule has 7 heteroatoms. The number of fused-ring (bicyclic) bond motifs is 1. The first kappa shape index (κ1) is 21.6. The number of nitrogens with one attached hydrogen (secondary N) is 2. The molecule has 2 N–H and O–H groups in total. The van der Waals surface area contributed by atoms with Crippen LogP contribution in [0.1, 0.15) is 25.8 Å². The van der Waals surface area contributed by atoms with Crippen LogP contribution in [0.4, 0.5) is 17.1 Å². The van der Waals surface area contributed by atoms with E-state index < -0.39 is 0 Å². The van der Waals surface area contributed by atoms with E-state index in [2.05, 4.69) is 22.5 Å². The van der Waals surface area contributed by atoms with Crippen LogP contribution in [0.5, 0.6) is 0 Å². The Morgan fingerprint density at radius 1 is 1.10 bits per heavy atom. The van der Waals surface area contributed by atoms with Crippen LogP contribution >= 0.6 is 11.8 Å². The fourth-order valence-corrected chi connectivity index (χ4v) is 3.74. The molecule has 0 aromatic heterocycles. The Balaban J connectivity index is 1.72. The monoisotopic (exact) mass is 423 g/mol. The van der Waals surface area contributed by atoms with Crippen molar-refractivity contribution in [2.75, 3.05) is 23.0 Å². The summed E-state index contributed by atoms with van der Waals surface area (Å²) in [6.07, 6.45) is 2.76. The zero-order valence-electron chi connectivity index (χ0n) is 17.1. The number of aliphatic imine (C=N–C) groups is 1. The zero-order valence-corrected chi connectivity index (χ0v) is 17.9. The number of hydrogen-bond donors (Lipinski definition) is 2. The molecule has 1 aliphatic heterocycles. The Bertz CT molecular complexity index is 985. The molecule has 6 nitrogen and oxygen atoms in total. The lowest BCUT2D eigenvalue weighted by Crippen LogP contribution is -2.16. The fourth-order valence-electron chi connectivity index (χ4n) is 3.00. The maximum Gasteiger partial charge on any atom is 0.311 e. The molecule has 156 valence electrons. The smallest absolute Gasteiger partial charge is 0.311 e. The molecule has 0 saturated heterocycles. The van der Waals surface area contributed by atoms with Crippen molar-refractivity contribution >= 4 is 45.7 Å². The fraction of sp³-hybridized carbons (Fsp3) is 0.261. The van der Waals surface area contributed by atoms with Crippen molar-refractivity contribution in [3.63, 3.8) is 0 Å². The van der Waals surface area contributed by atoms with Gasteiger partial charge in [0.05, 0.1) is 35.2 Å². The molecule has 3 rings (SSSR count). The van der Waals surface area contributed by atoms with E-state index in [0.717, 1.165) is 29.0 Å². The quantitative estimate of drug-likeness (QED) is 0.619. The largest absolute Gasteiger partial charge is 0.466 e. The molecule has 30 heavy (non-hydrogen) atoms. The summed E-state index contributed by atoms with van der Waals surface area (Å²) in [6.45, 7) is 4.16. The highest BCUT2D eigenvalue weighted by Crippen LogP contribution is 2.31. The second-order valence-electron chi connectivity index (χ2n) is 6.59. The number of carbonyl (C=O) groups is 2. The van der Waals surface area contributed by atoms with Crippen LogP contribution in [0, 0.1) is 0 Å². The first-order valence-electron chi connectivity index (χ1n) is 9.90. The van der Waals surface area contributed by atoms with E-state index in [9.17, 15) is 9.59 Å². The number of rotatable bonds is 7. The number of esters is 1. The number of thioether (sulfide) groups is 1. The van der Waals surface area contributed by atoms with Crippen LogP contribution in [-0.4, -0.2) is 29.3 Å². The maximum atomic E-state index is 12.5. The van der Waals surface area contributed by atoms with Crippen molar-refractivity contribution in [3.05, 3.63) is 65.9 Å². The van der Waals surface area contributed by atoms with Crippen molar-refractivity contribution in [2.45, 2.75) is 26.7 Å². The van der Waals surface area contributed by atoms with Gasteiger partial charge in [-0.05, 0) is 43.2 Å². The highest BCUT2D eigenvalue weighted by molar-refractivity contribution is 8.14. The molecule has 1 amide bonds. The Kier molecular flexibility index (Phi) is 7.68. The Hall–Kier alpha value is -3.06. The first-order chi connectivity index (χ1) is 14.6. The van der Waals surface area contributed by atoms with E-state index in [0.29, 0.717) is 17.3 Å². The van der Waals surface area contributed by atoms with Gasteiger partial charge in [-0.1, -0.05) is 49.0 Å². The van der Waals surface area contributed by atoms with Crippen LogP contribution in [0.25, 0.3) is 0 Å². The normalized spacial score (nSPS) is 12.6. The molecule has 1 aliphatic rings. The lowest BCUT2D eigenvalue weighted by atomic mass is 10.1. The summed E-state index contributed by atoms with van der Waals surface area (Å²) in [5, 5.41) is 6.88. The van der Waals surface area contributed by atoms with Gasteiger partial charge in [0.2, 0.25) is 5.91 Å². The number of hydrogen-bond acceptors (Lipinski definition) is 6. The molecule has 0 fully saturated rings. The molecule has 0 unspecified atom stereocenters. The van der Waals surface area contributed by atoms with Gasteiger partial charge in [0.25, 0.3) is 0 Å². The minimum atomic E-state index is -0.311. The zero-order chi connectivity index (χ0) is 21.3. The summed E-state index contributed by atoms with van der Waals surface area (Å²) >= 11 is 1.33. The highest BCUT2D eigenvalue weighted by Gasteiger charge is 2.16. The third-order valence-corrected chi connectivity index (χ3v) is 5.30. The summed E-state index contributed by atoms with van der Waals surface area (Å²) in [5.41, 5.74) is 4.18. The van der Waals surface area contributed by atoms with Crippen molar-refractivity contribution in [1.29, 1.82) is 0 Å². The van der Waals surface area contributed by atoms with E-state index in [4.69, 9.17) is 4.74 Å². The number of nitrogens with zero attached hydrogens (tertiary/aromatic N) is 1. The lowest BCUT2D eigenvalue weighted by Gasteiger charge is -2.10. The van der Waals surface area contributed by atoms with Gasteiger partial charge in [0.1, 0.15) is 0 Å². The second kappa shape index (κ2) is 10.6. The number of benzene rings is 2. The predicted molar refractivity (Wildman–Crippen MR) is 123 cm³/mol. The molecule has 2 aromatic rings. The SMILES string of the molecule is CCOC(=O)CC1=CC(SCC(=O)Nc2ccccc2CC)=Nc2ccccc2N1. The number of aryl methyl sites for hydroxylation is 1. The topological polar surface area (TPSA) is 79.8 Å². The number of anilines is 2. The van der Waals surface area contributed by atoms with Gasteiger partial charge < -0.3 is 15.4 Å². The predicted octanol–water partition coefficient (Wildman–Crippen LogP) is 4.91. The Morgan fingerprint density at radius 3 is 2.67 bits per heavy atom. The van der Waals surface area contributed by atoms with Crippen LogP contribution in [-0.2, 0) is 20.7 Å². The van der Waals surface area contributed by atoms with Gasteiger partial charge in [-0.15, -0.1) is 0 Å². The molecule has 0 atom stereocenters. The highest BCUT2D eigenvalue weighted by atomic mass is 32.2. The molecule has 1 heterocycles. The minimum absolute atomic E-state index is 0.102. The van der Waals surface area contributed by atoms with Gasteiger partial charge in [-0.3, -0.25) is 9.59 Å². The van der Waals surface area contributed by atoms with Crippen molar-refractivity contribution in [1.82, 2.24) is 0 Å². The van der Waals surface area contributed by atoms with Crippen LogP contribution < -0.4 is 10.6 Å². The average molecular weight is 424 g/mol. The number of amides is 1. The third-order valence-electron chi connectivity index (χ3n) is 4.39. The van der Waals surface area contributed by atoms with Crippen molar-refractivity contribution < 1.29 is 14.3 Å². The minimum Gasteiger partial charge on any atom is -0.466 e. The molecule has 2 aromatic carbocycles. The summed E-state index contributed by atoms with van der Waals surface area (Å²) in [4.78, 5) is 29.1. The summed E-state index contributed by atoms with van der Waals surface area (Å²) in [5.74, 6) is -0.203. The average Bonchev–Trinajstić information content (AvgIpc) is 2.91. The number of carbonyl (C=O) groups excluding carboxylic acids is 2. The molecular weight excluding hydrogens is 398 g/mol. The third kappa shape index (κ3) is 5.97. The van der Waals surface area contributed by atoms with Crippen molar-refractivity contribution in [2.24, 2.45) is 4.99 Å². The summed E-state index contributed by atoms with van der Waals surface area (Å²) < 4.78 is 5.06. The number of ether oxygens (including phenoxy) is 1. The van der Waals surface area contributed by atoms with Crippen LogP contribution in [0.15, 0.2) is 65.3 Å². The second-order valence-corrected chi connectivity index (χ2v) is 7.59. The molecule has 0 aliphatic carbocycles. The van der Waals surface area contributed by atoms with Crippen LogP contribution in [0.3, 0.4) is 0 Å². The van der Waals surface area contributed by atoms with E-state index >= 15 is 0 Å². The first-order valence-corrected chi connectivity index (χ1v) is 10.9. The van der Waals surface area contributed by atoms with Gasteiger partial charge in [-0.25, -0.2) is 4.99 Å². The van der Waals surface area contributed by atoms with Gasteiger partial charge in [0.15, 0.2) is 0 Å². The Morgan fingerprint density at radius 2 is 1.87 bits per heavy atom. The van der Waals surface area contributed by atoms with E-state index in [-0.39, 0.29) is 24.1 Å². The summed E-state index contributed by atoms with van der Waals surface area (Å²) in [7, 11) is 0. The molecular formula is C23H25N3O3S.